The number of rotatable bonds is 5. The Morgan fingerprint density at radius 2 is 1.88 bits per heavy atom. The highest BCUT2D eigenvalue weighted by Gasteiger charge is 2.05. The van der Waals surface area contributed by atoms with Crippen molar-refractivity contribution in [3.63, 3.8) is 0 Å². The third-order valence-electron chi connectivity index (χ3n) is 2.21. The number of aromatic nitrogens is 2. The van der Waals surface area contributed by atoms with Crippen molar-refractivity contribution in [2.75, 3.05) is 34.2 Å². The zero-order chi connectivity index (χ0) is 12.1. The molecular weight excluding hydrogens is 224 g/mol. The van der Waals surface area contributed by atoms with Crippen molar-refractivity contribution in [1.29, 1.82) is 0 Å². The molecule has 16 heavy (non-hydrogen) atoms. The molecule has 0 aromatic carbocycles. The first-order valence-corrected chi connectivity index (χ1v) is 5.68. The summed E-state index contributed by atoms with van der Waals surface area (Å²) >= 11 is 5.88. The smallest absolute Gasteiger partial charge is 0.144 e. The molecule has 1 heterocycles. The number of nitrogens with zero attached hydrogens (tertiary/aromatic N) is 4. The molecule has 0 saturated carbocycles. The van der Waals surface area contributed by atoms with Crippen LogP contribution in [-0.4, -0.2) is 54.0 Å². The summed E-state index contributed by atoms with van der Waals surface area (Å²) in [5.74, 6) is 0.784. The summed E-state index contributed by atoms with van der Waals surface area (Å²) in [6.45, 7) is 4.67. The highest BCUT2D eigenvalue weighted by Crippen LogP contribution is 2.07. The van der Waals surface area contributed by atoms with Crippen molar-refractivity contribution in [1.82, 2.24) is 19.8 Å². The van der Waals surface area contributed by atoms with E-state index in [-0.39, 0.29) is 0 Å². The first-order valence-electron chi connectivity index (χ1n) is 5.30. The van der Waals surface area contributed by atoms with Crippen LogP contribution >= 0.6 is 11.6 Å². The molecule has 0 amide bonds. The van der Waals surface area contributed by atoms with E-state index in [0.717, 1.165) is 31.2 Å². The lowest BCUT2D eigenvalue weighted by Gasteiger charge is -2.18. The number of hydrogen-bond donors (Lipinski definition) is 0. The maximum atomic E-state index is 5.88. The lowest BCUT2D eigenvalue weighted by molar-refractivity contribution is 0.271. The fourth-order valence-electron chi connectivity index (χ4n) is 1.35. The molecule has 0 atom stereocenters. The Kier molecular flexibility index (Phi) is 5.12. The van der Waals surface area contributed by atoms with Gasteiger partial charge in [0.15, 0.2) is 0 Å². The van der Waals surface area contributed by atoms with Gasteiger partial charge in [-0.05, 0) is 34.1 Å². The minimum absolute atomic E-state index is 0.517. The normalized spacial score (nSPS) is 11.4. The average molecular weight is 243 g/mol. The zero-order valence-corrected chi connectivity index (χ0v) is 11.1. The molecule has 0 fully saturated rings. The number of aryl methyl sites for hydroxylation is 1. The standard InChI is InChI=1S/C11H19ClN4/c1-9-7-10(12)14-11(13-9)8-16(4)6-5-15(2)3/h7H,5-6,8H2,1-4H3. The Labute approximate surface area is 102 Å². The van der Waals surface area contributed by atoms with Crippen molar-refractivity contribution < 1.29 is 0 Å². The van der Waals surface area contributed by atoms with E-state index < -0.39 is 0 Å². The molecule has 0 bridgehead atoms. The fraction of sp³-hybridized carbons (Fsp3) is 0.636. The van der Waals surface area contributed by atoms with Crippen molar-refractivity contribution in [2.24, 2.45) is 0 Å². The van der Waals surface area contributed by atoms with Gasteiger partial charge in [-0.25, -0.2) is 9.97 Å². The van der Waals surface area contributed by atoms with Gasteiger partial charge in [-0.15, -0.1) is 0 Å². The summed E-state index contributed by atoms with van der Waals surface area (Å²) in [5, 5.41) is 0.517. The number of hydrogen-bond acceptors (Lipinski definition) is 4. The molecule has 0 radical (unpaired) electrons. The van der Waals surface area contributed by atoms with E-state index in [4.69, 9.17) is 11.6 Å². The van der Waals surface area contributed by atoms with E-state index in [1.165, 1.54) is 0 Å². The molecule has 0 spiro atoms. The van der Waals surface area contributed by atoms with Crippen molar-refractivity contribution in [3.8, 4) is 0 Å². The van der Waals surface area contributed by atoms with Crippen LogP contribution in [0.25, 0.3) is 0 Å². The molecule has 0 N–H and O–H groups in total. The first kappa shape index (κ1) is 13.4. The van der Waals surface area contributed by atoms with E-state index in [2.05, 4.69) is 40.9 Å². The lowest BCUT2D eigenvalue weighted by Crippen LogP contribution is -2.29. The van der Waals surface area contributed by atoms with E-state index in [0.29, 0.717) is 5.15 Å². The van der Waals surface area contributed by atoms with Gasteiger partial charge in [0.25, 0.3) is 0 Å². The fourth-order valence-corrected chi connectivity index (χ4v) is 1.61. The van der Waals surface area contributed by atoms with E-state index >= 15 is 0 Å². The van der Waals surface area contributed by atoms with Crippen LogP contribution in [0.5, 0.6) is 0 Å². The van der Waals surface area contributed by atoms with Gasteiger partial charge in [-0.3, -0.25) is 4.90 Å². The van der Waals surface area contributed by atoms with Gasteiger partial charge in [0.05, 0.1) is 6.54 Å². The molecule has 0 unspecified atom stereocenters. The maximum Gasteiger partial charge on any atom is 0.144 e. The molecule has 0 aliphatic heterocycles. The Morgan fingerprint density at radius 1 is 1.19 bits per heavy atom. The Morgan fingerprint density at radius 3 is 2.44 bits per heavy atom. The summed E-state index contributed by atoms with van der Waals surface area (Å²) in [6.07, 6.45) is 0. The van der Waals surface area contributed by atoms with E-state index in [1.807, 2.05) is 6.92 Å². The minimum atomic E-state index is 0.517. The molecule has 0 aliphatic rings. The molecule has 1 aromatic rings. The number of halogens is 1. The summed E-state index contributed by atoms with van der Waals surface area (Å²) < 4.78 is 0. The monoisotopic (exact) mass is 242 g/mol. The van der Waals surface area contributed by atoms with Gasteiger partial charge in [0.2, 0.25) is 0 Å². The highest BCUT2D eigenvalue weighted by atomic mass is 35.5. The van der Waals surface area contributed by atoms with Crippen LogP contribution in [0, 0.1) is 6.92 Å². The van der Waals surface area contributed by atoms with Gasteiger partial charge in [-0.1, -0.05) is 11.6 Å². The van der Waals surface area contributed by atoms with Crippen molar-refractivity contribution in [3.05, 3.63) is 22.7 Å². The van der Waals surface area contributed by atoms with Crippen molar-refractivity contribution >= 4 is 11.6 Å². The van der Waals surface area contributed by atoms with Crippen LogP contribution in [0.15, 0.2) is 6.07 Å². The summed E-state index contributed by atoms with van der Waals surface area (Å²) in [7, 11) is 6.19. The second kappa shape index (κ2) is 6.13. The SMILES string of the molecule is Cc1cc(Cl)nc(CN(C)CCN(C)C)n1. The molecule has 1 aromatic heterocycles. The predicted octanol–water partition coefficient (Wildman–Crippen LogP) is 1.43. The molecular formula is C11H19ClN4. The van der Waals surface area contributed by atoms with Crippen LogP contribution in [0.2, 0.25) is 5.15 Å². The second-order valence-electron chi connectivity index (χ2n) is 4.29. The zero-order valence-electron chi connectivity index (χ0n) is 10.4. The van der Waals surface area contributed by atoms with E-state index in [9.17, 15) is 0 Å². The maximum absolute atomic E-state index is 5.88. The molecule has 0 saturated heterocycles. The topological polar surface area (TPSA) is 32.3 Å². The number of likely N-dealkylation sites (N-methyl/N-ethyl adjacent to an activating group) is 2. The quantitative estimate of drug-likeness (QED) is 0.732. The Hall–Kier alpha value is -0.710. The molecule has 5 heteroatoms. The van der Waals surface area contributed by atoms with Crippen molar-refractivity contribution in [2.45, 2.75) is 13.5 Å². The second-order valence-corrected chi connectivity index (χ2v) is 4.68. The molecule has 90 valence electrons. The summed E-state index contributed by atoms with van der Waals surface area (Å²) in [4.78, 5) is 12.9. The third-order valence-corrected chi connectivity index (χ3v) is 2.40. The van der Waals surface area contributed by atoms with Crippen LogP contribution in [0.3, 0.4) is 0 Å². The van der Waals surface area contributed by atoms with E-state index in [1.54, 1.807) is 6.07 Å². The van der Waals surface area contributed by atoms with Crippen LogP contribution in [0.1, 0.15) is 11.5 Å². The Balaban J connectivity index is 2.52. The third kappa shape index (κ3) is 4.88. The predicted molar refractivity (Wildman–Crippen MR) is 66.7 cm³/mol. The van der Waals surface area contributed by atoms with Crippen LogP contribution in [0.4, 0.5) is 0 Å². The van der Waals surface area contributed by atoms with Crippen LogP contribution in [-0.2, 0) is 6.54 Å². The van der Waals surface area contributed by atoms with Gasteiger partial charge in [0.1, 0.15) is 11.0 Å². The lowest BCUT2D eigenvalue weighted by atomic mass is 10.4. The average Bonchev–Trinajstić information content (AvgIpc) is 2.12. The minimum Gasteiger partial charge on any atom is -0.308 e. The van der Waals surface area contributed by atoms with Crippen LogP contribution < -0.4 is 0 Å². The summed E-state index contributed by atoms with van der Waals surface area (Å²) in [5.41, 5.74) is 0.913. The van der Waals surface area contributed by atoms with Gasteiger partial charge in [-0.2, -0.15) is 0 Å². The molecule has 1 rings (SSSR count). The molecule has 4 nitrogen and oxygen atoms in total. The highest BCUT2D eigenvalue weighted by molar-refractivity contribution is 6.29. The van der Waals surface area contributed by atoms with Gasteiger partial charge in [0, 0.05) is 18.8 Å². The molecule has 0 aliphatic carbocycles. The largest absolute Gasteiger partial charge is 0.308 e. The Bertz CT molecular complexity index is 321. The first-order chi connectivity index (χ1) is 7.47. The van der Waals surface area contributed by atoms with Gasteiger partial charge < -0.3 is 4.90 Å². The van der Waals surface area contributed by atoms with Gasteiger partial charge >= 0.3 is 0 Å². The summed E-state index contributed by atoms with van der Waals surface area (Å²) in [6, 6.07) is 1.77.